The topological polar surface area (TPSA) is 16.4 Å². The fourth-order valence-corrected chi connectivity index (χ4v) is 7.64. The van der Waals surface area contributed by atoms with Crippen LogP contribution < -0.4 is 4.90 Å². The minimum Gasteiger partial charge on any atom is -0.454 e. The van der Waals surface area contributed by atoms with Gasteiger partial charge in [0.15, 0.2) is 5.58 Å². The van der Waals surface area contributed by atoms with Gasteiger partial charge in [0.25, 0.3) is 0 Å². The van der Waals surface area contributed by atoms with E-state index in [4.69, 9.17) is 4.42 Å². The van der Waals surface area contributed by atoms with Crippen LogP contribution >= 0.6 is 0 Å². The summed E-state index contributed by atoms with van der Waals surface area (Å²) in [5.41, 5.74) is 7.35. The van der Waals surface area contributed by atoms with Crippen molar-refractivity contribution in [3.8, 4) is 11.1 Å². The Balaban J connectivity index is 1.17. The highest BCUT2D eigenvalue weighted by Gasteiger charge is 2.20. The van der Waals surface area contributed by atoms with Crippen molar-refractivity contribution >= 4 is 82.1 Å². The van der Waals surface area contributed by atoms with Crippen molar-refractivity contribution in [2.75, 3.05) is 4.90 Å². The van der Waals surface area contributed by atoms with Gasteiger partial charge < -0.3 is 9.32 Å². The van der Waals surface area contributed by atoms with Gasteiger partial charge in [0.05, 0.1) is 5.69 Å². The highest BCUT2D eigenvalue weighted by molar-refractivity contribution is 6.24. The second kappa shape index (κ2) is 10.6. The number of benzene rings is 9. The van der Waals surface area contributed by atoms with Gasteiger partial charge in [-0.1, -0.05) is 140 Å². The molecule has 9 aromatic carbocycles. The lowest BCUT2D eigenvalue weighted by atomic mass is 9.91. The maximum atomic E-state index is 6.69. The van der Waals surface area contributed by atoms with Crippen molar-refractivity contribution < 1.29 is 4.42 Å². The summed E-state index contributed by atoms with van der Waals surface area (Å²) < 4.78 is 6.69. The molecule has 48 heavy (non-hydrogen) atoms. The van der Waals surface area contributed by atoms with Crippen LogP contribution in [0, 0.1) is 0 Å². The summed E-state index contributed by atoms with van der Waals surface area (Å²) in [5, 5.41) is 12.3. The lowest BCUT2D eigenvalue weighted by Crippen LogP contribution is -2.10. The standard InChI is InChI=1S/C46H29NO/c1-2-13-35(14-3-1)47(41-19-9-18-40-45-39-16-7-5-11-31(39)26-29-42(45)48-46(40)41)36-27-24-32(25-28-36)38-17-8-12-33-22-23-34-21-20-30-10-4-6-15-37(30)44(34)43(33)38/h1-29H. The van der Waals surface area contributed by atoms with Gasteiger partial charge in [-0.05, 0) is 90.6 Å². The van der Waals surface area contributed by atoms with Gasteiger partial charge in [0, 0.05) is 22.1 Å². The molecule has 1 heterocycles. The predicted molar refractivity (Wildman–Crippen MR) is 204 cm³/mol. The average molecular weight is 612 g/mol. The number of anilines is 3. The third-order valence-corrected chi connectivity index (χ3v) is 9.81. The zero-order valence-corrected chi connectivity index (χ0v) is 26.1. The zero-order valence-electron chi connectivity index (χ0n) is 26.1. The fourth-order valence-electron chi connectivity index (χ4n) is 7.64. The molecule has 0 spiro atoms. The molecule has 1 aromatic heterocycles. The molecule has 0 fully saturated rings. The van der Waals surface area contributed by atoms with Crippen molar-refractivity contribution in [1.29, 1.82) is 0 Å². The second-order valence-electron chi connectivity index (χ2n) is 12.5. The zero-order chi connectivity index (χ0) is 31.6. The monoisotopic (exact) mass is 611 g/mol. The van der Waals surface area contributed by atoms with Crippen LogP contribution in [-0.4, -0.2) is 0 Å². The van der Waals surface area contributed by atoms with E-state index in [0.717, 1.165) is 39.0 Å². The third kappa shape index (κ3) is 4.06. The summed E-state index contributed by atoms with van der Waals surface area (Å²) in [7, 11) is 0. The van der Waals surface area contributed by atoms with Crippen LogP contribution in [0.25, 0.3) is 76.2 Å². The molecule has 0 amide bonds. The van der Waals surface area contributed by atoms with E-state index < -0.39 is 0 Å². The number of fused-ring (bicyclic) bond motifs is 10. The summed E-state index contributed by atoms with van der Waals surface area (Å²) in [4.78, 5) is 2.31. The minimum atomic E-state index is 0.879. The van der Waals surface area contributed by atoms with Crippen LogP contribution in [0.2, 0.25) is 0 Å². The van der Waals surface area contributed by atoms with E-state index in [2.05, 4.69) is 181 Å². The van der Waals surface area contributed by atoms with Crippen LogP contribution in [0.1, 0.15) is 0 Å². The van der Waals surface area contributed by atoms with Gasteiger partial charge in [0.2, 0.25) is 0 Å². The molecule has 0 saturated carbocycles. The molecule has 10 rings (SSSR count). The maximum Gasteiger partial charge on any atom is 0.159 e. The van der Waals surface area contributed by atoms with E-state index in [1.807, 2.05) is 0 Å². The fraction of sp³-hybridized carbons (Fsp3) is 0. The molecule has 0 saturated heterocycles. The first kappa shape index (κ1) is 26.8. The summed E-state index contributed by atoms with van der Waals surface area (Å²) in [6.07, 6.45) is 0. The minimum absolute atomic E-state index is 0.879. The Hall–Kier alpha value is -6.38. The van der Waals surface area contributed by atoms with Crippen LogP contribution in [0.15, 0.2) is 180 Å². The Kier molecular flexibility index (Phi) is 5.91. The summed E-state index contributed by atoms with van der Waals surface area (Å²) in [6.45, 7) is 0. The van der Waals surface area contributed by atoms with Crippen LogP contribution in [0.5, 0.6) is 0 Å². The van der Waals surface area contributed by atoms with Crippen LogP contribution in [0.3, 0.4) is 0 Å². The van der Waals surface area contributed by atoms with Crippen LogP contribution in [0.4, 0.5) is 17.1 Å². The van der Waals surface area contributed by atoms with E-state index >= 15 is 0 Å². The molecule has 0 aliphatic heterocycles. The molecular weight excluding hydrogens is 583 g/mol. The van der Waals surface area contributed by atoms with E-state index in [1.165, 1.54) is 54.2 Å². The van der Waals surface area contributed by atoms with Crippen molar-refractivity contribution in [2.24, 2.45) is 0 Å². The number of hydrogen-bond donors (Lipinski definition) is 0. The molecule has 0 atom stereocenters. The summed E-state index contributed by atoms with van der Waals surface area (Å²) in [6, 6.07) is 63.2. The van der Waals surface area contributed by atoms with Crippen LogP contribution in [-0.2, 0) is 0 Å². The van der Waals surface area contributed by atoms with Gasteiger partial charge in [-0.2, -0.15) is 0 Å². The average Bonchev–Trinajstić information content (AvgIpc) is 3.55. The number of hydrogen-bond acceptors (Lipinski definition) is 2. The quantitative estimate of drug-likeness (QED) is 0.184. The predicted octanol–water partition coefficient (Wildman–Crippen LogP) is 13.3. The van der Waals surface area contributed by atoms with E-state index in [0.29, 0.717) is 0 Å². The first-order valence-electron chi connectivity index (χ1n) is 16.4. The Morgan fingerprint density at radius 1 is 0.354 bits per heavy atom. The molecule has 0 N–H and O–H groups in total. The number of rotatable bonds is 4. The Labute approximate surface area is 277 Å². The molecule has 0 unspecified atom stereocenters. The summed E-state index contributed by atoms with van der Waals surface area (Å²) >= 11 is 0. The van der Waals surface area contributed by atoms with Gasteiger partial charge in [0.1, 0.15) is 5.58 Å². The van der Waals surface area contributed by atoms with E-state index in [9.17, 15) is 0 Å². The molecular formula is C46H29NO. The Morgan fingerprint density at radius 2 is 0.917 bits per heavy atom. The Bertz CT molecular complexity index is 2820. The molecule has 0 radical (unpaired) electrons. The highest BCUT2D eigenvalue weighted by atomic mass is 16.3. The first-order chi connectivity index (χ1) is 23.8. The highest BCUT2D eigenvalue weighted by Crippen LogP contribution is 2.44. The molecule has 2 nitrogen and oxygen atoms in total. The van der Waals surface area contributed by atoms with Crippen molar-refractivity contribution in [3.63, 3.8) is 0 Å². The molecule has 10 aromatic rings. The molecule has 224 valence electrons. The molecule has 0 aliphatic rings. The van der Waals surface area contributed by atoms with Gasteiger partial charge in [-0.25, -0.2) is 0 Å². The second-order valence-corrected chi connectivity index (χ2v) is 12.5. The lowest BCUT2D eigenvalue weighted by Gasteiger charge is -2.25. The van der Waals surface area contributed by atoms with Crippen molar-refractivity contribution in [3.05, 3.63) is 176 Å². The smallest absolute Gasteiger partial charge is 0.159 e. The number of nitrogens with zero attached hydrogens (tertiary/aromatic N) is 1. The third-order valence-electron chi connectivity index (χ3n) is 9.81. The number of para-hydroxylation sites is 2. The van der Waals surface area contributed by atoms with Gasteiger partial charge >= 0.3 is 0 Å². The number of furan rings is 1. The normalized spacial score (nSPS) is 11.8. The van der Waals surface area contributed by atoms with E-state index in [-0.39, 0.29) is 0 Å². The summed E-state index contributed by atoms with van der Waals surface area (Å²) in [5.74, 6) is 0. The van der Waals surface area contributed by atoms with Gasteiger partial charge in [-0.15, -0.1) is 0 Å². The van der Waals surface area contributed by atoms with E-state index in [1.54, 1.807) is 0 Å². The molecule has 0 aliphatic carbocycles. The van der Waals surface area contributed by atoms with Gasteiger partial charge in [-0.3, -0.25) is 0 Å². The Morgan fingerprint density at radius 3 is 1.69 bits per heavy atom. The van der Waals surface area contributed by atoms with Crippen molar-refractivity contribution in [1.82, 2.24) is 0 Å². The first-order valence-corrected chi connectivity index (χ1v) is 16.4. The lowest BCUT2D eigenvalue weighted by molar-refractivity contribution is 0.669. The molecule has 0 bridgehead atoms. The SMILES string of the molecule is c1ccc(N(c2ccc(-c3cccc4ccc5ccc6ccccc6c5c34)cc2)c2cccc3c2oc2ccc4ccccc4c23)cc1. The molecule has 2 heteroatoms. The maximum absolute atomic E-state index is 6.69. The largest absolute Gasteiger partial charge is 0.454 e. The van der Waals surface area contributed by atoms with Crippen molar-refractivity contribution in [2.45, 2.75) is 0 Å².